The second kappa shape index (κ2) is 8.54. The quantitative estimate of drug-likeness (QED) is 0.704. The lowest BCUT2D eigenvalue weighted by Gasteiger charge is -2.36. The second-order valence-corrected chi connectivity index (χ2v) is 5.32. The number of halogens is 7. The molecule has 1 aliphatic heterocycles. The zero-order valence-corrected chi connectivity index (χ0v) is 14.4. The maximum absolute atomic E-state index is 13.3. The molecule has 0 saturated carbocycles. The molecule has 128 valence electrons. The van der Waals surface area contributed by atoms with Crippen LogP contribution in [0.4, 0.5) is 17.6 Å². The van der Waals surface area contributed by atoms with Crippen molar-refractivity contribution in [2.75, 3.05) is 26.2 Å². The van der Waals surface area contributed by atoms with Gasteiger partial charge in [0.1, 0.15) is 17.6 Å². The molecule has 2 N–H and O–H groups in total. The molecule has 1 fully saturated rings. The number of hydrogen-bond acceptors (Lipinski definition) is 3. The number of phenols is 1. The number of nitrogens with zero attached hydrogens (tertiary/aromatic N) is 1. The summed E-state index contributed by atoms with van der Waals surface area (Å²) in [5.41, 5.74) is -0.340. The zero-order chi connectivity index (χ0) is 14.9. The van der Waals surface area contributed by atoms with E-state index >= 15 is 0 Å². The van der Waals surface area contributed by atoms with E-state index in [1.807, 2.05) is 0 Å². The number of rotatable bonds is 2. The van der Waals surface area contributed by atoms with Crippen molar-refractivity contribution < 1.29 is 22.7 Å². The number of phenolic OH excluding ortho intramolecular Hbond substituents is 1. The Hall–Kier alpha value is -0.280. The van der Waals surface area contributed by atoms with E-state index in [4.69, 9.17) is 0 Å². The third kappa shape index (κ3) is 4.61. The number of nitrogens with one attached hydrogen (secondary N) is 1. The van der Waals surface area contributed by atoms with Crippen LogP contribution in [0.3, 0.4) is 0 Å². The fraction of sp³-hybridized carbons (Fsp3) is 0.500. The normalized spacial score (nSPS) is 17.3. The van der Waals surface area contributed by atoms with Crippen LogP contribution in [0.2, 0.25) is 0 Å². The van der Waals surface area contributed by atoms with Crippen molar-refractivity contribution in [3.05, 3.63) is 28.0 Å². The molecule has 3 nitrogen and oxygen atoms in total. The molecule has 1 heterocycles. The minimum Gasteiger partial charge on any atom is -0.506 e. The van der Waals surface area contributed by atoms with E-state index < -0.39 is 23.8 Å². The molecular formula is C12H15BrCl2F4N2O. The van der Waals surface area contributed by atoms with E-state index in [0.29, 0.717) is 13.1 Å². The van der Waals surface area contributed by atoms with Crippen LogP contribution in [0.5, 0.6) is 5.75 Å². The zero-order valence-electron chi connectivity index (χ0n) is 11.2. The van der Waals surface area contributed by atoms with Gasteiger partial charge in [-0.2, -0.15) is 13.2 Å². The Bertz CT molecular complexity index is 499. The van der Waals surface area contributed by atoms with Gasteiger partial charge in [0, 0.05) is 31.7 Å². The molecule has 1 atom stereocenters. The summed E-state index contributed by atoms with van der Waals surface area (Å²) in [5.74, 6) is -1.50. The minimum absolute atomic E-state index is 0. The molecule has 0 bridgehead atoms. The third-order valence-electron chi connectivity index (χ3n) is 3.22. The van der Waals surface area contributed by atoms with Gasteiger partial charge in [-0.15, -0.1) is 24.8 Å². The molecule has 0 spiro atoms. The molecule has 0 unspecified atom stereocenters. The molecule has 1 aliphatic rings. The Kier molecular flexibility index (Phi) is 8.43. The van der Waals surface area contributed by atoms with E-state index in [9.17, 15) is 22.7 Å². The van der Waals surface area contributed by atoms with E-state index in [0.717, 1.165) is 12.1 Å². The largest absolute Gasteiger partial charge is 0.506 e. The Morgan fingerprint density at radius 3 is 2.23 bits per heavy atom. The van der Waals surface area contributed by atoms with Crippen molar-refractivity contribution in [1.82, 2.24) is 10.2 Å². The average molecular weight is 430 g/mol. The molecule has 1 saturated heterocycles. The lowest BCUT2D eigenvalue weighted by molar-refractivity contribution is -0.188. The first-order valence-corrected chi connectivity index (χ1v) is 6.80. The van der Waals surface area contributed by atoms with Crippen molar-refractivity contribution in [2.24, 2.45) is 0 Å². The summed E-state index contributed by atoms with van der Waals surface area (Å²) in [5, 5.41) is 12.8. The first kappa shape index (κ1) is 21.7. The first-order chi connectivity index (χ1) is 9.32. The van der Waals surface area contributed by atoms with Crippen molar-refractivity contribution in [2.45, 2.75) is 12.2 Å². The Labute approximate surface area is 146 Å². The highest BCUT2D eigenvalue weighted by Gasteiger charge is 2.46. The topological polar surface area (TPSA) is 35.5 Å². The predicted octanol–water partition coefficient (Wildman–Crippen LogP) is 3.65. The van der Waals surface area contributed by atoms with Gasteiger partial charge in [-0.1, -0.05) is 6.07 Å². The Morgan fingerprint density at radius 1 is 1.18 bits per heavy atom. The summed E-state index contributed by atoms with van der Waals surface area (Å²) in [6, 6.07) is -0.0446. The average Bonchev–Trinajstić information content (AvgIpc) is 2.39. The highest BCUT2D eigenvalue weighted by Crippen LogP contribution is 2.44. The van der Waals surface area contributed by atoms with Crippen LogP contribution in [-0.4, -0.2) is 42.4 Å². The maximum Gasteiger partial charge on any atom is 0.408 e. The lowest BCUT2D eigenvalue weighted by atomic mass is 10.0. The summed E-state index contributed by atoms with van der Waals surface area (Å²) >= 11 is 2.77. The van der Waals surface area contributed by atoms with Gasteiger partial charge in [0.15, 0.2) is 0 Å². The van der Waals surface area contributed by atoms with Gasteiger partial charge < -0.3 is 10.4 Å². The molecule has 0 amide bonds. The lowest BCUT2D eigenvalue weighted by Crippen LogP contribution is -2.49. The summed E-state index contributed by atoms with van der Waals surface area (Å²) in [6.07, 6.45) is -4.55. The Morgan fingerprint density at radius 2 is 1.73 bits per heavy atom. The van der Waals surface area contributed by atoms with E-state index in [-0.39, 0.29) is 47.9 Å². The number of alkyl halides is 3. The minimum atomic E-state index is -4.55. The van der Waals surface area contributed by atoms with Gasteiger partial charge in [0.25, 0.3) is 0 Å². The van der Waals surface area contributed by atoms with Crippen LogP contribution >= 0.6 is 40.7 Å². The van der Waals surface area contributed by atoms with E-state index in [2.05, 4.69) is 21.2 Å². The van der Waals surface area contributed by atoms with E-state index in [1.54, 1.807) is 0 Å². The smallest absolute Gasteiger partial charge is 0.408 e. The number of benzene rings is 1. The van der Waals surface area contributed by atoms with Crippen LogP contribution in [0.15, 0.2) is 16.6 Å². The van der Waals surface area contributed by atoms with Crippen molar-refractivity contribution in [3.63, 3.8) is 0 Å². The molecule has 0 aliphatic carbocycles. The van der Waals surface area contributed by atoms with Crippen LogP contribution in [0, 0.1) is 5.82 Å². The monoisotopic (exact) mass is 428 g/mol. The Balaban J connectivity index is 0.00000220. The highest BCUT2D eigenvalue weighted by atomic mass is 79.9. The highest BCUT2D eigenvalue weighted by molar-refractivity contribution is 9.10. The molecule has 1 aromatic rings. The van der Waals surface area contributed by atoms with E-state index in [1.165, 1.54) is 4.90 Å². The maximum atomic E-state index is 13.3. The standard InChI is InChI=1S/C12H13BrF4N2O.2ClH/c13-9-8(14)2-1-7(10(9)20)11(12(15,16)17)19-5-3-18-4-6-19;;/h1-2,11,18,20H,3-6H2;2*1H/t11-;;/m0../s1. The van der Waals surface area contributed by atoms with Crippen LogP contribution in [-0.2, 0) is 0 Å². The fourth-order valence-electron chi connectivity index (χ4n) is 2.30. The van der Waals surface area contributed by atoms with Gasteiger partial charge in [0.2, 0.25) is 0 Å². The van der Waals surface area contributed by atoms with Crippen LogP contribution in [0.25, 0.3) is 0 Å². The van der Waals surface area contributed by atoms with Gasteiger partial charge >= 0.3 is 6.18 Å². The van der Waals surface area contributed by atoms with Crippen LogP contribution < -0.4 is 5.32 Å². The van der Waals surface area contributed by atoms with Gasteiger partial charge in [-0.3, -0.25) is 4.90 Å². The summed E-state index contributed by atoms with van der Waals surface area (Å²) in [7, 11) is 0. The van der Waals surface area contributed by atoms with Crippen molar-refractivity contribution >= 4 is 40.7 Å². The number of piperazine rings is 1. The first-order valence-electron chi connectivity index (χ1n) is 6.00. The molecule has 2 rings (SSSR count). The van der Waals surface area contributed by atoms with Gasteiger partial charge in [-0.25, -0.2) is 4.39 Å². The second-order valence-electron chi connectivity index (χ2n) is 4.53. The predicted molar refractivity (Wildman–Crippen MR) is 83.5 cm³/mol. The molecule has 1 aromatic carbocycles. The summed E-state index contributed by atoms with van der Waals surface area (Å²) < 4.78 is 52.9. The molecule has 0 radical (unpaired) electrons. The van der Waals surface area contributed by atoms with Gasteiger partial charge in [0.05, 0.1) is 4.47 Å². The summed E-state index contributed by atoms with van der Waals surface area (Å²) in [4.78, 5) is 1.23. The van der Waals surface area contributed by atoms with Gasteiger partial charge in [-0.05, 0) is 22.0 Å². The number of hydrogen-bond donors (Lipinski definition) is 2. The molecule has 0 aromatic heterocycles. The van der Waals surface area contributed by atoms with Crippen molar-refractivity contribution in [1.29, 1.82) is 0 Å². The number of aromatic hydroxyl groups is 1. The molecule has 10 heteroatoms. The fourth-order valence-corrected chi connectivity index (χ4v) is 2.66. The molecular weight excluding hydrogens is 415 g/mol. The molecule has 22 heavy (non-hydrogen) atoms. The van der Waals surface area contributed by atoms with Crippen molar-refractivity contribution in [3.8, 4) is 5.75 Å². The van der Waals surface area contributed by atoms with Crippen LogP contribution in [0.1, 0.15) is 11.6 Å². The third-order valence-corrected chi connectivity index (χ3v) is 3.98. The SMILES string of the molecule is Cl.Cl.Oc1c([C@H](N2CCNCC2)C(F)(F)F)ccc(F)c1Br. The summed E-state index contributed by atoms with van der Waals surface area (Å²) in [6.45, 7) is 1.29.